The lowest BCUT2D eigenvalue weighted by Gasteiger charge is -2.05. The molecule has 3 aromatic heterocycles. The summed E-state index contributed by atoms with van der Waals surface area (Å²) in [5.41, 5.74) is 1.21. The van der Waals surface area contributed by atoms with Gasteiger partial charge in [-0.3, -0.25) is 9.20 Å². The fourth-order valence-corrected chi connectivity index (χ4v) is 4.30. The third-order valence-electron chi connectivity index (χ3n) is 3.77. The molecule has 1 amide bonds. The molecule has 146 valence electrons. The minimum atomic E-state index is -0.643. The minimum absolute atomic E-state index is 0.0425. The first kappa shape index (κ1) is 19.8. The molecule has 0 radical (unpaired) electrons. The Morgan fingerprint density at radius 1 is 1.18 bits per heavy atom. The fourth-order valence-electron chi connectivity index (χ4n) is 2.45. The van der Waals surface area contributed by atoms with E-state index in [0.717, 1.165) is 11.3 Å². The summed E-state index contributed by atoms with van der Waals surface area (Å²) >= 11 is 2.17. The zero-order valence-corrected chi connectivity index (χ0v) is 16.8. The van der Waals surface area contributed by atoms with Crippen molar-refractivity contribution < 1.29 is 23.9 Å². The molecule has 0 atom stereocenters. The number of amides is 1. The molecule has 3 aromatic rings. The van der Waals surface area contributed by atoms with Crippen LogP contribution in [-0.4, -0.2) is 52.4 Å². The quantitative estimate of drug-likeness (QED) is 0.478. The van der Waals surface area contributed by atoms with Gasteiger partial charge in [0, 0.05) is 6.20 Å². The molecular formula is C17H16N4O5S2. The van der Waals surface area contributed by atoms with E-state index in [1.54, 1.807) is 17.5 Å². The highest BCUT2D eigenvalue weighted by Gasteiger charge is 2.26. The van der Waals surface area contributed by atoms with E-state index in [2.05, 4.69) is 15.5 Å². The van der Waals surface area contributed by atoms with Crippen LogP contribution in [0, 0.1) is 6.92 Å². The molecule has 11 heteroatoms. The molecule has 3 heterocycles. The third-order valence-corrected chi connectivity index (χ3v) is 5.91. The summed E-state index contributed by atoms with van der Waals surface area (Å²) in [6, 6.07) is 5.49. The summed E-state index contributed by atoms with van der Waals surface area (Å²) in [4.78, 5) is 36.7. The number of carbonyl (C=O) groups excluding carboxylic acids is 3. The van der Waals surface area contributed by atoms with E-state index in [9.17, 15) is 14.4 Å². The Bertz CT molecular complexity index is 1060. The number of fused-ring (bicyclic) bond motifs is 1. The number of aromatic nitrogens is 3. The number of pyridine rings is 1. The Morgan fingerprint density at radius 2 is 1.93 bits per heavy atom. The van der Waals surface area contributed by atoms with Crippen molar-refractivity contribution in [3.63, 3.8) is 0 Å². The highest BCUT2D eigenvalue weighted by atomic mass is 32.2. The van der Waals surface area contributed by atoms with E-state index >= 15 is 0 Å². The molecule has 0 saturated heterocycles. The van der Waals surface area contributed by atoms with Crippen LogP contribution >= 0.6 is 23.1 Å². The topological polar surface area (TPSA) is 112 Å². The molecule has 0 unspecified atom stereocenters. The van der Waals surface area contributed by atoms with Crippen LogP contribution in [0.15, 0.2) is 29.6 Å². The highest BCUT2D eigenvalue weighted by molar-refractivity contribution is 7.99. The van der Waals surface area contributed by atoms with E-state index in [4.69, 9.17) is 9.47 Å². The molecule has 0 fully saturated rings. The monoisotopic (exact) mass is 420 g/mol. The summed E-state index contributed by atoms with van der Waals surface area (Å²) in [5, 5.41) is 11.5. The van der Waals surface area contributed by atoms with E-state index in [1.165, 1.54) is 26.0 Å². The zero-order chi connectivity index (χ0) is 20.3. The molecule has 28 heavy (non-hydrogen) atoms. The van der Waals surface area contributed by atoms with Gasteiger partial charge in [-0.1, -0.05) is 17.8 Å². The smallest absolute Gasteiger partial charge is 0.348 e. The first-order chi connectivity index (χ1) is 13.5. The number of carbonyl (C=O) groups is 3. The van der Waals surface area contributed by atoms with Crippen molar-refractivity contribution in [2.24, 2.45) is 0 Å². The van der Waals surface area contributed by atoms with E-state index < -0.39 is 11.9 Å². The summed E-state index contributed by atoms with van der Waals surface area (Å²) in [7, 11) is 2.48. The van der Waals surface area contributed by atoms with Crippen molar-refractivity contribution in [1.29, 1.82) is 0 Å². The van der Waals surface area contributed by atoms with Crippen LogP contribution in [0.4, 0.5) is 5.00 Å². The summed E-state index contributed by atoms with van der Waals surface area (Å²) < 4.78 is 11.3. The van der Waals surface area contributed by atoms with Gasteiger partial charge >= 0.3 is 11.9 Å². The lowest BCUT2D eigenvalue weighted by Crippen LogP contribution is -2.16. The van der Waals surface area contributed by atoms with Crippen LogP contribution in [0.25, 0.3) is 5.65 Å². The Hall–Kier alpha value is -2.92. The number of thiophene rings is 1. The summed E-state index contributed by atoms with van der Waals surface area (Å²) in [6.07, 6.45) is 1.80. The number of methoxy groups -OCH3 is 2. The Balaban J connectivity index is 1.77. The van der Waals surface area contributed by atoms with Crippen LogP contribution in [-0.2, 0) is 14.3 Å². The molecule has 1 N–H and O–H groups in total. The first-order valence-electron chi connectivity index (χ1n) is 7.98. The second-order valence-corrected chi connectivity index (χ2v) is 7.45. The van der Waals surface area contributed by atoms with Crippen molar-refractivity contribution in [3.8, 4) is 0 Å². The predicted molar refractivity (Wildman–Crippen MR) is 104 cm³/mol. The van der Waals surface area contributed by atoms with Gasteiger partial charge in [0.15, 0.2) is 10.8 Å². The number of esters is 2. The fraction of sp³-hybridized carbons (Fsp3) is 0.235. The van der Waals surface area contributed by atoms with Crippen molar-refractivity contribution in [2.75, 3.05) is 25.3 Å². The van der Waals surface area contributed by atoms with Crippen molar-refractivity contribution >= 4 is 51.6 Å². The Morgan fingerprint density at radius 3 is 2.64 bits per heavy atom. The van der Waals surface area contributed by atoms with E-state index in [0.29, 0.717) is 16.4 Å². The van der Waals surface area contributed by atoms with Crippen LogP contribution in [0.1, 0.15) is 25.6 Å². The van der Waals surface area contributed by atoms with Crippen molar-refractivity contribution in [3.05, 3.63) is 40.4 Å². The van der Waals surface area contributed by atoms with Gasteiger partial charge in [-0.05, 0) is 24.6 Å². The van der Waals surface area contributed by atoms with Crippen LogP contribution < -0.4 is 5.32 Å². The molecule has 0 bridgehead atoms. The number of nitrogens with one attached hydrogen (secondary N) is 1. The lowest BCUT2D eigenvalue weighted by atomic mass is 10.1. The molecule has 0 aliphatic rings. The second-order valence-electron chi connectivity index (χ2n) is 5.49. The Labute approximate surface area is 168 Å². The predicted octanol–water partition coefficient (Wildman–Crippen LogP) is 2.40. The molecule has 0 spiro atoms. The van der Waals surface area contributed by atoms with E-state index in [-0.39, 0.29) is 27.1 Å². The number of hydrogen-bond acceptors (Lipinski definition) is 9. The molecule has 0 aromatic carbocycles. The maximum atomic E-state index is 12.4. The highest BCUT2D eigenvalue weighted by Crippen LogP contribution is 2.34. The normalized spacial score (nSPS) is 10.7. The molecular weight excluding hydrogens is 404 g/mol. The summed E-state index contributed by atoms with van der Waals surface area (Å²) in [5.74, 6) is -1.55. The SMILES string of the molecule is COC(=O)c1sc(NC(=O)CSc2nnc3ccccn23)c(C(=O)OC)c1C. The average molecular weight is 420 g/mol. The number of rotatable bonds is 6. The molecule has 0 aliphatic carbocycles. The number of nitrogens with zero attached hydrogens (tertiary/aromatic N) is 3. The van der Waals surface area contributed by atoms with Gasteiger partial charge in [-0.2, -0.15) is 0 Å². The second kappa shape index (κ2) is 8.40. The Kier molecular flexibility index (Phi) is 5.95. The van der Waals surface area contributed by atoms with Crippen LogP contribution in [0.3, 0.4) is 0 Å². The van der Waals surface area contributed by atoms with Crippen LogP contribution in [0.2, 0.25) is 0 Å². The van der Waals surface area contributed by atoms with Gasteiger partial charge in [0.05, 0.1) is 25.5 Å². The van der Waals surface area contributed by atoms with Crippen LogP contribution in [0.5, 0.6) is 0 Å². The maximum Gasteiger partial charge on any atom is 0.348 e. The number of anilines is 1. The average Bonchev–Trinajstić information content (AvgIpc) is 3.26. The zero-order valence-electron chi connectivity index (χ0n) is 15.2. The first-order valence-corrected chi connectivity index (χ1v) is 9.79. The molecule has 0 aliphatic heterocycles. The molecule has 9 nitrogen and oxygen atoms in total. The lowest BCUT2D eigenvalue weighted by molar-refractivity contribution is -0.113. The summed E-state index contributed by atoms with van der Waals surface area (Å²) in [6.45, 7) is 1.60. The van der Waals surface area contributed by atoms with Gasteiger partial charge in [-0.15, -0.1) is 21.5 Å². The maximum absolute atomic E-state index is 12.4. The minimum Gasteiger partial charge on any atom is -0.465 e. The number of thioether (sulfide) groups is 1. The molecule has 0 saturated carbocycles. The standard InChI is InChI=1S/C17H16N4O5S2/c1-9-12(15(23)25-2)14(28-13(9)16(24)26-3)18-11(22)8-27-17-20-19-10-6-4-5-7-21(10)17/h4-7H,8H2,1-3H3,(H,18,22). The van der Waals surface area contributed by atoms with Gasteiger partial charge in [0.25, 0.3) is 0 Å². The van der Waals surface area contributed by atoms with Gasteiger partial charge in [0.2, 0.25) is 5.91 Å². The van der Waals surface area contributed by atoms with Crippen molar-refractivity contribution in [1.82, 2.24) is 14.6 Å². The largest absolute Gasteiger partial charge is 0.465 e. The number of ether oxygens (including phenoxy) is 2. The van der Waals surface area contributed by atoms with Gasteiger partial charge < -0.3 is 14.8 Å². The van der Waals surface area contributed by atoms with Gasteiger partial charge in [0.1, 0.15) is 9.88 Å². The number of hydrogen-bond donors (Lipinski definition) is 1. The van der Waals surface area contributed by atoms with E-state index in [1.807, 2.05) is 18.2 Å². The van der Waals surface area contributed by atoms with Gasteiger partial charge in [-0.25, -0.2) is 9.59 Å². The molecule has 3 rings (SSSR count). The third kappa shape index (κ3) is 3.85. The van der Waals surface area contributed by atoms with Crippen molar-refractivity contribution in [2.45, 2.75) is 12.1 Å².